The van der Waals surface area contributed by atoms with Gasteiger partial charge in [-0.2, -0.15) is 0 Å². The fourth-order valence-corrected chi connectivity index (χ4v) is 2.28. The van der Waals surface area contributed by atoms with Crippen LogP contribution in [0.2, 0.25) is 0 Å². The zero-order valence-electron chi connectivity index (χ0n) is 13.4. The van der Waals surface area contributed by atoms with Crippen LogP contribution in [0, 0.1) is 0 Å². The highest BCUT2D eigenvalue weighted by Crippen LogP contribution is 2.27. The van der Waals surface area contributed by atoms with E-state index in [0.29, 0.717) is 6.61 Å². The maximum atomic E-state index is 5.63. The second-order valence-corrected chi connectivity index (χ2v) is 4.83. The van der Waals surface area contributed by atoms with Crippen LogP contribution in [0.15, 0.2) is 42.5 Å². The monoisotopic (exact) mass is 301 g/mol. The third-order valence-corrected chi connectivity index (χ3v) is 3.36. The molecule has 0 heterocycles. The Bertz CT molecular complexity index is 599. The van der Waals surface area contributed by atoms with Crippen LogP contribution in [-0.4, -0.2) is 20.8 Å². The summed E-state index contributed by atoms with van der Waals surface area (Å²) in [5.41, 5.74) is 2.30. The summed E-state index contributed by atoms with van der Waals surface area (Å²) in [4.78, 5) is 0. The van der Waals surface area contributed by atoms with Crippen LogP contribution in [0.5, 0.6) is 17.2 Å². The van der Waals surface area contributed by atoms with Crippen molar-refractivity contribution >= 4 is 0 Å². The summed E-state index contributed by atoms with van der Waals surface area (Å²) in [7, 11) is 3.29. The smallest absolute Gasteiger partial charge is 0.161 e. The Morgan fingerprint density at radius 2 is 1.64 bits per heavy atom. The van der Waals surface area contributed by atoms with E-state index in [1.807, 2.05) is 43.3 Å². The summed E-state index contributed by atoms with van der Waals surface area (Å²) in [5, 5.41) is 3.43. The van der Waals surface area contributed by atoms with Crippen molar-refractivity contribution in [2.24, 2.45) is 0 Å². The summed E-state index contributed by atoms with van der Waals surface area (Å²) in [6.45, 7) is 4.17. The molecule has 0 aliphatic rings. The van der Waals surface area contributed by atoms with E-state index in [4.69, 9.17) is 14.2 Å². The second kappa shape index (κ2) is 8.29. The highest BCUT2D eigenvalue weighted by Gasteiger charge is 2.05. The van der Waals surface area contributed by atoms with Crippen molar-refractivity contribution in [3.8, 4) is 17.2 Å². The molecular weight excluding hydrogens is 278 g/mol. The number of methoxy groups -OCH3 is 2. The van der Waals surface area contributed by atoms with Crippen molar-refractivity contribution in [1.29, 1.82) is 0 Å². The van der Waals surface area contributed by atoms with Gasteiger partial charge in [0.25, 0.3) is 0 Å². The molecule has 0 saturated carbocycles. The van der Waals surface area contributed by atoms with Gasteiger partial charge in [0.05, 0.1) is 20.8 Å². The van der Waals surface area contributed by atoms with Gasteiger partial charge in [0.2, 0.25) is 0 Å². The van der Waals surface area contributed by atoms with Crippen LogP contribution in [0.3, 0.4) is 0 Å². The zero-order valence-corrected chi connectivity index (χ0v) is 13.4. The summed E-state index contributed by atoms with van der Waals surface area (Å²) in [6, 6.07) is 14.0. The fraction of sp³-hybridized carbons (Fsp3) is 0.333. The number of ether oxygens (including phenoxy) is 3. The average Bonchev–Trinajstić information content (AvgIpc) is 2.56. The topological polar surface area (TPSA) is 39.7 Å². The van der Waals surface area contributed by atoms with Crippen molar-refractivity contribution in [1.82, 2.24) is 5.32 Å². The Kier molecular flexibility index (Phi) is 6.10. The Hall–Kier alpha value is -2.20. The Balaban J connectivity index is 1.96. The Morgan fingerprint density at radius 3 is 2.36 bits per heavy atom. The SMILES string of the molecule is CCOc1ccccc1CNCc1ccc(OC)c(OC)c1. The highest BCUT2D eigenvalue weighted by atomic mass is 16.5. The van der Waals surface area contributed by atoms with Gasteiger partial charge in [0.1, 0.15) is 5.75 Å². The maximum Gasteiger partial charge on any atom is 0.161 e. The predicted molar refractivity (Wildman–Crippen MR) is 87.7 cm³/mol. The van der Waals surface area contributed by atoms with E-state index in [1.54, 1.807) is 14.2 Å². The maximum absolute atomic E-state index is 5.63. The standard InChI is InChI=1S/C18H23NO3/c1-4-22-16-8-6-5-7-15(16)13-19-12-14-9-10-17(20-2)18(11-14)21-3/h5-11,19H,4,12-13H2,1-3H3. The first kappa shape index (κ1) is 16.2. The largest absolute Gasteiger partial charge is 0.494 e. The minimum Gasteiger partial charge on any atom is -0.494 e. The molecule has 0 aliphatic heterocycles. The third-order valence-electron chi connectivity index (χ3n) is 3.36. The molecule has 0 radical (unpaired) electrons. The number of hydrogen-bond acceptors (Lipinski definition) is 4. The lowest BCUT2D eigenvalue weighted by molar-refractivity contribution is 0.335. The minimum absolute atomic E-state index is 0.673. The molecule has 2 aromatic carbocycles. The van der Waals surface area contributed by atoms with E-state index in [2.05, 4.69) is 11.4 Å². The van der Waals surface area contributed by atoms with Crippen LogP contribution >= 0.6 is 0 Å². The van der Waals surface area contributed by atoms with Gasteiger partial charge in [0.15, 0.2) is 11.5 Å². The van der Waals surface area contributed by atoms with Crippen molar-refractivity contribution < 1.29 is 14.2 Å². The second-order valence-electron chi connectivity index (χ2n) is 4.83. The summed E-state index contributed by atoms with van der Waals surface area (Å²) in [5.74, 6) is 2.43. The molecule has 1 N–H and O–H groups in total. The van der Waals surface area contributed by atoms with Crippen molar-refractivity contribution in [3.63, 3.8) is 0 Å². The molecule has 0 aromatic heterocycles. The Labute approximate surface area is 132 Å². The van der Waals surface area contributed by atoms with Crippen molar-refractivity contribution in [2.45, 2.75) is 20.0 Å². The van der Waals surface area contributed by atoms with Crippen LogP contribution in [0.1, 0.15) is 18.1 Å². The average molecular weight is 301 g/mol. The number of rotatable bonds is 8. The molecule has 2 rings (SSSR count). The molecule has 4 heteroatoms. The first-order chi connectivity index (χ1) is 10.8. The molecule has 22 heavy (non-hydrogen) atoms. The molecule has 2 aromatic rings. The third kappa shape index (κ3) is 4.15. The first-order valence-corrected chi connectivity index (χ1v) is 7.40. The minimum atomic E-state index is 0.673. The van der Waals surface area contributed by atoms with E-state index < -0.39 is 0 Å². The number of benzene rings is 2. The Morgan fingerprint density at radius 1 is 0.864 bits per heavy atom. The molecule has 0 spiro atoms. The van der Waals surface area contributed by atoms with Gasteiger partial charge < -0.3 is 19.5 Å². The highest BCUT2D eigenvalue weighted by molar-refractivity contribution is 5.43. The lowest BCUT2D eigenvalue weighted by Crippen LogP contribution is -2.13. The van der Waals surface area contributed by atoms with Gasteiger partial charge in [-0.15, -0.1) is 0 Å². The lowest BCUT2D eigenvalue weighted by atomic mass is 10.1. The first-order valence-electron chi connectivity index (χ1n) is 7.40. The van der Waals surface area contributed by atoms with E-state index in [1.165, 1.54) is 0 Å². The summed E-state index contributed by atoms with van der Waals surface area (Å²) >= 11 is 0. The van der Waals surface area contributed by atoms with Gasteiger partial charge >= 0.3 is 0 Å². The molecule has 4 nitrogen and oxygen atoms in total. The molecular formula is C18H23NO3. The van der Waals surface area contributed by atoms with Gasteiger partial charge in [-0.1, -0.05) is 24.3 Å². The zero-order chi connectivity index (χ0) is 15.8. The normalized spacial score (nSPS) is 10.3. The van der Waals surface area contributed by atoms with E-state index in [9.17, 15) is 0 Å². The van der Waals surface area contributed by atoms with Crippen LogP contribution in [0.4, 0.5) is 0 Å². The van der Waals surface area contributed by atoms with E-state index >= 15 is 0 Å². The van der Waals surface area contributed by atoms with Gasteiger partial charge in [0, 0.05) is 18.7 Å². The molecule has 118 valence electrons. The van der Waals surface area contributed by atoms with Crippen LogP contribution in [0.25, 0.3) is 0 Å². The molecule has 0 fully saturated rings. The molecule has 0 saturated heterocycles. The fourth-order valence-electron chi connectivity index (χ4n) is 2.28. The van der Waals surface area contributed by atoms with Crippen LogP contribution in [-0.2, 0) is 13.1 Å². The van der Waals surface area contributed by atoms with E-state index in [0.717, 1.165) is 41.5 Å². The number of nitrogens with one attached hydrogen (secondary N) is 1. The number of hydrogen-bond donors (Lipinski definition) is 1. The van der Waals surface area contributed by atoms with Crippen molar-refractivity contribution in [2.75, 3.05) is 20.8 Å². The van der Waals surface area contributed by atoms with Gasteiger partial charge in [-0.05, 0) is 30.7 Å². The van der Waals surface area contributed by atoms with Gasteiger partial charge in [-0.25, -0.2) is 0 Å². The van der Waals surface area contributed by atoms with E-state index in [-0.39, 0.29) is 0 Å². The molecule has 0 aliphatic carbocycles. The van der Waals surface area contributed by atoms with Crippen LogP contribution < -0.4 is 19.5 Å². The number of para-hydroxylation sites is 1. The molecule has 0 atom stereocenters. The summed E-state index contributed by atoms with van der Waals surface area (Å²) < 4.78 is 16.2. The quantitative estimate of drug-likeness (QED) is 0.811. The van der Waals surface area contributed by atoms with Gasteiger partial charge in [-0.3, -0.25) is 0 Å². The summed E-state index contributed by atoms with van der Waals surface area (Å²) in [6.07, 6.45) is 0. The molecule has 0 unspecified atom stereocenters. The molecule has 0 amide bonds. The van der Waals surface area contributed by atoms with Crippen molar-refractivity contribution in [3.05, 3.63) is 53.6 Å². The molecule has 0 bridgehead atoms. The lowest BCUT2D eigenvalue weighted by Gasteiger charge is -2.12. The predicted octanol–water partition coefficient (Wildman–Crippen LogP) is 3.39.